The molecule has 9 heteroatoms. The number of carbonyl (C=O) groups excluding carboxylic acids is 1. The Balaban J connectivity index is 2.00. The lowest BCUT2D eigenvalue weighted by molar-refractivity contribution is -0.138. The van der Waals surface area contributed by atoms with Gasteiger partial charge in [-0.1, -0.05) is 6.92 Å². The van der Waals surface area contributed by atoms with Crippen LogP contribution in [0, 0.1) is 5.92 Å². The second kappa shape index (κ2) is 10.2. The summed E-state index contributed by atoms with van der Waals surface area (Å²) in [5, 5.41) is 0. The molecule has 158 valence electrons. The number of sulfonamides is 1. The van der Waals surface area contributed by atoms with Crippen molar-refractivity contribution >= 4 is 15.9 Å². The minimum atomic E-state index is -3.66. The monoisotopic (exact) mass is 418 g/mol. The number of hydrogen-bond donors (Lipinski definition) is 0. The van der Waals surface area contributed by atoms with Crippen molar-refractivity contribution in [2.24, 2.45) is 5.92 Å². The second-order valence-corrected chi connectivity index (χ2v) is 8.70. The summed E-state index contributed by atoms with van der Waals surface area (Å²) in [6.07, 6.45) is -1.31. The van der Waals surface area contributed by atoms with Crippen LogP contribution in [0.5, 0.6) is 5.75 Å². The van der Waals surface area contributed by atoms with Gasteiger partial charge in [-0.15, -0.1) is 0 Å². The average Bonchev–Trinajstić information content (AvgIpc) is 2.67. The molecule has 0 N–H and O–H groups in total. The van der Waals surface area contributed by atoms with Crippen molar-refractivity contribution < 1.29 is 26.7 Å². The van der Waals surface area contributed by atoms with Crippen molar-refractivity contribution in [3.63, 3.8) is 0 Å². The summed E-state index contributed by atoms with van der Waals surface area (Å²) >= 11 is 0. The highest BCUT2D eigenvalue weighted by Crippen LogP contribution is 2.26. The quantitative estimate of drug-likeness (QED) is 0.618. The van der Waals surface area contributed by atoms with E-state index in [9.17, 15) is 22.0 Å². The van der Waals surface area contributed by atoms with Crippen molar-refractivity contribution in [2.75, 3.05) is 32.8 Å². The Hall–Kier alpha value is -1.74. The molecule has 0 spiro atoms. The molecule has 1 aliphatic heterocycles. The first-order valence-electron chi connectivity index (χ1n) is 9.59. The van der Waals surface area contributed by atoms with E-state index >= 15 is 0 Å². The molecule has 28 heavy (non-hydrogen) atoms. The Morgan fingerprint density at radius 2 is 1.82 bits per heavy atom. The predicted molar refractivity (Wildman–Crippen MR) is 102 cm³/mol. The number of amides is 1. The van der Waals surface area contributed by atoms with Gasteiger partial charge in [0.25, 0.3) is 6.43 Å². The van der Waals surface area contributed by atoms with Crippen LogP contribution < -0.4 is 4.74 Å². The molecule has 1 amide bonds. The zero-order chi connectivity index (χ0) is 20.7. The van der Waals surface area contributed by atoms with Gasteiger partial charge in [-0.3, -0.25) is 4.79 Å². The minimum absolute atomic E-state index is 0.172. The molecule has 1 fully saturated rings. The van der Waals surface area contributed by atoms with Crippen LogP contribution in [0.3, 0.4) is 0 Å². The minimum Gasteiger partial charge on any atom is -0.494 e. The Morgan fingerprint density at radius 1 is 1.21 bits per heavy atom. The number of piperidine rings is 1. The standard InChI is InChI=1S/C19H28F2N2O4S/c1-3-11-22(14-18(20)21)19(24)15-9-12-23(13-10-15)28(25,26)17-7-5-16(6-8-17)27-4-2/h5-8,15,18H,3-4,9-14H2,1-2H3. The lowest BCUT2D eigenvalue weighted by Gasteiger charge is -2.33. The van der Waals surface area contributed by atoms with Gasteiger partial charge in [0.1, 0.15) is 5.75 Å². The smallest absolute Gasteiger partial charge is 0.255 e. The Labute approximate surface area is 165 Å². The first kappa shape index (κ1) is 22.5. The topological polar surface area (TPSA) is 66.9 Å². The Bertz CT molecular complexity index is 733. The van der Waals surface area contributed by atoms with Gasteiger partial charge in [-0.25, -0.2) is 17.2 Å². The summed E-state index contributed by atoms with van der Waals surface area (Å²) < 4.78 is 57.7. The van der Waals surface area contributed by atoms with Gasteiger partial charge in [0.05, 0.1) is 18.0 Å². The van der Waals surface area contributed by atoms with E-state index in [-0.39, 0.29) is 30.4 Å². The molecule has 0 atom stereocenters. The molecule has 1 aromatic carbocycles. The Kier molecular flexibility index (Phi) is 8.18. The summed E-state index contributed by atoms with van der Waals surface area (Å²) in [4.78, 5) is 13.9. The molecular formula is C19H28F2N2O4S. The normalized spacial score (nSPS) is 16.3. The lowest BCUT2D eigenvalue weighted by atomic mass is 9.96. The van der Waals surface area contributed by atoms with E-state index in [1.54, 1.807) is 12.1 Å². The summed E-state index contributed by atoms with van der Waals surface area (Å²) in [6, 6.07) is 6.23. The van der Waals surface area contributed by atoms with E-state index in [2.05, 4.69) is 0 Å². The third kappa shape index (κ3) is 5.64. The predicted octanol–water partition coefficient (Wildman–Crippen LogP) is 2.99. The van der Waals surface area contributed by atoms with Gasteiger partial charge in [0, 0.05) is 25.6 Å². The Morgan fingerprint density at radius 3 is 2.32 bits per heavy atom. The number of carbonyl (C=O) groups is 1. The summed E-state index contributed by atoms with van der Waals surface area (Å²) in [7, 11) is -3.66. The van der Waals surface area contributed by atoms with E-state index in [1.165, 1.54) is 21.3 Å². The number of halogens is 2. The van der Waals surface area contributed by atoms with Gasteiger partial charge in [0.15, 0.2) is 0 Å². The zero-order valence-electron chi connectivity index (χ0n) is 16.3. The van der Waals surface area contributed by atoms with Crippen molar-refractivity contribution in [1.29, 1.82) is 0 Å². The van der Waals surface area contributed by atoms with Crippen LogP contribution in [0.2, 0.25) is 0 Å². The highest BCUT2D eigenvalue weighted by atomic mass is 32.2. The number of benzene rings is 1. The highest BCUT2D eigenvalue weighted by molar-refractivity contribution is 7.89. The maximum Gasteiger partial charge on any atom is 0.255 e. The van der Waals surface area contributed by atoms with Crippen LogP contribution in [-0.4, -0.2) is 62.7 Å². The van der Waals surface area contributed by atoms with Crippen molar-refractivity contribution in [2.45, 2.75) is 44.4 Å². The van der Waals surface area contributed by atoms with Crippen LogP contribution in [0.1, 0.15) is 33.1 Å². The lowest BCUT2D eigenvalue weighted by Crippen LogP contribution is -2.45. The molecule has 2 rings (SSSR count). The third-order valence-corrected chi connectivity index (χ3v) is 6.65. The summed E-state index contributed by atoms with van der Waals surface area (Å²) in [6.45, 7) is 4.28. The second-order valence-electron chi connectivity index (χ2n) is 6.76. The first-order chi connectivity index (χ1) is 13.3. The number of ether oxygens (including phenoxy) is 1. The molecule has 0 saturated carbocycles. The molecule has 1 aromatic rings. The molecule has 6 nitrogen and oxygen atoms in total. The van der Waals surface area contributed by atoms with Crippen molar-refractivity contribution in [3.05, 3.63) is 24.3 Å². The van der Waals surface area contributed by atoms with E-state index in [4.69, 9.17) is 4.74 Å². The zero-order valence-corrected chi connectivity index (χ0v) is 17.1. The van der Waals surface area contributed by atoms with Crippen LogP contribution >= 0.6 is 0 Å². The van der Waals surface area contributed by atoms with Gasteiger partial charge in [-0.05, 0) is 50.5 Å². The van der Waals surface area contributed by atoms with Gasteiger partial charge >= 0.3 is 0 Å². The molecule has 0 aromatic heterocycles. The largest absolute Gasteiger partial charge is 0.494 e. The fourth-order valence-electron chi connectivity index (χ4n) is 3.35. The number of hydrogen-bond acceptors (Lipinski definition) is 4. The molecule has 1 saturated heterocycles. The van der Waals surface area contributed by atoms with Gasteiger partial charge < -0.3 is 9.64 Å². The van der Waals surface area contributed by atoms with Crippen LogP contribution in [-0.2, 0) is 14.8 Å². The number of alkyl halides is 2. The van der Waals surface area contributed by atoms with Crippen LogP contribution in [0.4, 0.5) is 8.78 Å². The SMILES string of the molecule is CCCN(CC(F)F)C(=O)C1CCN(S(=O)(=O)c2ccc(OCC)cc2)CC1. The molecule has 1 heterocycles. The summed E-state index contributed by atoms with van der Waals surface area (Å²) in [5.74, 6) is -0.127. The van der Waals surface area contributed by atoms with E-state index in [1.807, 2.05) is 13.8 Å². The first-order valence-corrected chi connectivity index (χ1v) is 11.0. The molecular weight excluding hydrogens is 390 g/mol. The van der Waals surface area contributed by atoms with Gasteiger partial charge in [0.2, 0.25) is 15.9 Å². The fourth-order valence-corrected chi connectivity index (χ4v) is 4.82. The van der Waals surface area contributed by atoms with Crippen molar-refractivity contribution in [1.82, 2.24) is 9.21 Å². The van der Waals surface area contributed by atoms with Crippen LogP contribution in [0.25, 0.3) is 0 Å². The fraction of sp³-hybridized carbons (Fsp3) is 0.632. The number of rotatable bonds is 9. The molecule has 1 aliphatic rings. The maximum atomic E-state index is 12.8. The number of nitrogens with zero attached hydrogens (tertiary/aromatic N) is 2. The average molecular weight is 419 g/mol. The van der Waals surface area contributed by atoms with E-state index in [0.29, 0.717) is 31.6 Å². The highest BCUT2D eigenvalue weighted by Gasteiger charge is 2.34. The molecule has 0 bridgehead atoms. The third-order valence-electron chi connectivity index (χ3n) is 4.74. The maximum absolute atomic E-state index is 12.8. The summed E-state index contributed by atoms with van der Waals surface area (Å²) in [5.41, 5.74) is 0. The molecule has 0 unspecified atom stereocenters. The molecule has 0 aliphatic carbocycles. The van der Waals surface area contributed by atoms with Crippen LogP contribution in [0.15, 0.2) is 29.2 Å². The molecule has 0 radical (unpaired) electrons. The van der Waals surface area contributed by atoms with E-state index < -0.39 is 28.9 Å². The van der Waals surface area contributed by atoms with Crippen molar-refractivity contribution in [3.8, 4) is 5.75 Å². The van der Waals surface area contributed by atoms with Gasteiger partial charge in [-0.2, -0.15) is 4.31 Å². The van der Waals surface area contributed by atoms with E-state index in [0.717, 1.165) is 0 Å².